The number of carbonyl (C=O) groups is 1. The average Bonchev–Trinajstić information content (AvgIpc) is 2.97. The summed E-state index contributed by atoms with van der Waals surface area (Å²) in [7, 11) is 0. The Kier molecular flexibility index (Phi) is 7.36. The molecule has 1 fully saturated rings. The zero-order valence-corrected chi connectivity index (χ0v) is 18.3. The molecule has 29 heavy (non-hydrogen) atoms. The molecular weight excluding hydrogens is 426 g/mol. The molecule has 2 aromatic rings. The van der Waals surface area contributed by atoms with Crippen LogP contribution in [0, 0.1) is 0 Å². The maximum atomic E-state index is 12.5. The molecular formula is C22H20ClNO3S2. The van der Waals surface area contributed by atoms with E-state index in [0.717, 1.165) is 11.1 Å². The monoisotopic (exact) mass is 445 g/mol. The Balaban J connectivity index is 1.78. The number of thioether (sulfide) groups is 1. The zero-order valence-electron chi connectivity index (χ0n) is 15.9. The lowest BCUT2D eigenvalue weighted by molar-refractivity contribution is -0.121. The zero-order chi connectivity index (χ0) is 20.8. The molecule has 0 aromatic heterocycles. The van der Waals surface area contributed by atoms with Crippen molar-refractivity contribution in [3.05, 3.63) is 76.2 Å². The van der Waals surface area contributed by atoms with Gasteiger partial charge in [0.1, 0.15) is 10.9 Å². The van der Waals surface area contributed by atoms with Crippen molar-refractivity contribution in [1.29, 1.82) is 0 Å². The largest absolute Gasteiger partial charge is 0.490 e. The van der Waals surface area contributed by atoms with Gasteiger partial charge in [0.15, 0.2) is 11.5 Å². The van der Waals surface area contributed by atoms with Gasteiger partial charge in [-0.05, 0) is 48.4 Å². The maximum absolute atomic E-state index is 12.5. The topological polar surface area (TPSA) is 38.8 Å². The van der Waals surface area contributed by atoms with Gasteiger partial charge in [-0.3, -0.25) is 9.69 Å². The SMILES string of the molecule is C=CCN1C(=O)/C(=C\c2ccc(OCc3ccc(Cl)cc3)c(OCC)c2)SC1=S. The number of thiocarbonyl (C=S) groups is 1. The molecule has 2 aromatic carbocycles. The minimum absolute atomic E-state index is 0.110. The fraction of sp³-hybridized carbons (Fsp3) is 0.182. The van der Waals surface area contributed by atoms with Gasteiger partial charge >= 0.3 is 0 Å². The van der Waals surface area contributed by atoms with Crippen LogP contribution in [-0.4, -0.2) is 28.3 Å². The van der Waals surface area contributed by atoms with Gasteiger partial charge in [-0.2, -0.15) is 0 Å². The summed E-state index contributed by atoms with van der Waals surface area (Å²) in [5.41, 5.74) is 1.85. The highest BCUT2D eigenvalue weighted by atomic mass is 35.5. The molecule has 0 unspecified atom stereocenters. The molecule has 1 aliphatic heterocycles. The first-order valence-electron chi connectivity index (χ1n) is 9.02. The van der Waals surface area contributed by atoms with E-state index in [2.05, 4.69) is 6.58 Å². The van der Waals surface area contributed by atoms with Crippen LogP contribution in [-0.2, 0) is 11.4 Å². The predicted molar refractivity (Wildman–Crippen MR) is 123 cm³/mol. The number of hydrogen-bond acceptors (Lipinski definition) is 5. The van der Waals surface area contributed by atoms with Gasteiger partial charge in [0.2, 0.25) is 0 Å². The van der Waals surface area contributed by atoms with Crippen molar-refractivity contribution >= 4 is 51.9 Å². The van der Waals surface area contributed by atoms with Crippen LogP contribution < -0.4 is 9.47 Å². The standard InChI is InChI=1S/C22H20ClNO3S2/c1-3-11-24-21(25)20(29-22(24)28)13-16-7-10-18(19(12-16)26-4-2)27-14-15-5-8-17(23)9-6-15/h3,5-10,12-13H,1,4,11,14H2,2H3/b20-13+. The number of ether oxygens (including phenoxy) is 2. The summed E-state index contributed by atoms with van der Waals surface area (Å²) in [4.78, 5) is 14.6. The number of rotatable bonds is 8. The number of benzene rings is 2. The molecule has 3 rings (SSSR count). The average molecular weight is 446 g/mol. The summed E-state index contributed by atoms with van der Waals surface area (Å²) in [6.45, 7) is 6.89. The summed E-state index contributed by atoms with van der Waals surface area (Å²) in [5.74, 6) is 1.15. The molecule has 0 radical (unpaired) electrons. The number of amides is 1. The minimum Gasteiger partial charge on any atom is -0.490 e. The van der Waals surface area contributed by atoms with Crippen molar-refractivity contribution in [1.82, 2.24) is 4.90 Å². The molecule has 1 aliphatic rings. The fourth-order valence-corrected chi connectivity index (χ4v) is 4.08. The Labute approximate surface area is 185 Å². The molecule has 0 spiro atoms. The first-order chi connectivity index (χ1) is 14.0. The molecule has 7 heteroatoms. The van der Waals surface area contributed by atoms with E-state index >= 15 is 0 Å². The van der Waals surface area contributed by atoms with E-state index in [1.807, 2.05) is 55.5 Å². The first-order valence-corrected chi connectivity index (χ1v) is 10.6. The minimum atomic E-state index is -0.110. The highest BCUT2D eigenvalue weighted by Gasteiger charge is 2.31. The third-order valence-electron chi connectivity index (χ3n) is 4.06. The van der Waals surface area contributed by atoms with Crippen LogP contribution >= 0.6 is 35.6 Å². The number of halogens is 1. The van der Waals surface area contributed by atoms with Gasteiger partial charge in [0.05, 0.1) is 11.5 Å². The molecule has 150 valence electrons. The van der Waals surface area contributed by atoms with Gasteiger partial charge in [0.25, 0.3) is 5.91 Å². The van der Waals surface area contributed by atoms with Crippen LogP contribution in [0.2, 0.25) is 5.02 Å². The van der Waals surface area contributed by atoms with Gasteiger partial charge in [-0.15, -0.1) is 6.58 Å². The van der Waals surface area contributed by atoms with Crippen LogP contribution in [0.5, 0.6) is 11.5 Å². The molecule has 1 amide bonds. The van der Waals surface area contributed by atoms with E-state index < -0.39 is 0 Å². The van der Waals surface area contributed by atoms with Crippen molar-refractivity contribution in [3.63, 3.8) is 0 Å². The van der Waals surface area contributed by atoms with E-state index in [9.17, 15) is 4.79 Å². The van der Waals surface area contributed by atoms with E-state index in [4.69, 9.17) is 33.3 Å². The summed E-state index contributed by atoms with van der Waals surface area (Å²) in [6, 6.07) is 13.1. The summed E-state index contributed by atoms with van der Waals surface area (Å²) >= 11 is 12.5. The van der Waals surface area contributed by atoms with Crippen LogP contribution in [0.15, 0.2) is 60.0 Å². The smallest absolute Gasteiger partial charge is 0.266 e. The highest BCUT2D eigenvalue weighted by molar-refractivity contribution is 8.26. The summed E-state index contributed by atoms with van der Waals surface area (Å²) < 4.78 is 12.2. The highest BCUT2D eigenvalue weighted by Crippen LogP contribution is 2.35. The molecule has 0 bridgehead atoms. The number of hydrogen-bond donors (Lipinski definition) is 0. The van der Waals surface area contributed by atoms with E-state index in [0.29, 0.717) is 45.5 Å². The van der Waals surface area contributed by atoms with Gasteiger partial charge in [-0.1, -0.05) is 59.9 Å². The van der Waals surface area contributed by atoms with E-state index in [1.165, 1.54) is 16.7 Å². The van der Waals surface area contributed by atoms with E-state index in [-0.39, 0.29) is 5.91 Å². The Hall–Kier alpha value is -2.28. The number of carbonyl (C=O) groups excluding carboxylic acids is 1. The molecule has 0 saturated carbocycles. The van der Waals surface area contributed by atoms with Crippen LogP contribution in [0.4, 0.5) is 0 Å². The van der Waals surface area contributed by atoms with Crippen molar-refractivity contribution in [3.8, 4) is 11.5 Å². The molecule has 4 nitrogen and oxygen atoms in total. The quantitative estimate of drug-likeness (QED) is 0.296. The normalized spacial score (nSPS) is 15.1. The predicted octanol–water partition coefficient (Wildman–Crippen LogP) is 5.70. The second kappa shape index (κ2) is 9.96. The third kappa shape index (κ3) is 5.41. The molecule has 1 heterocycles. The lowest BCUT2D eigenvalue weighted by Gasteiger charge is -2.13. The van der Waals surface area contributed by atoms with Crippen LogP contribution in [0.1, 0.15) is 18.1 Å². The van der Waals surface area contributed by atoms with E-state index in [1.54, 1.807) is 6.08 Å². The van der Waals surface area contributed by atoms with Crippen molar-refractivity contribution in [2.75, 3.05) is 13.2 Å². The molecule has 1 saturated heterocycles. The number of nitrogens with zero attached hydrogens (tertiary/aromatic N) is 1. The summed E-state index contributed by atoms with van der Waals surface area (Å²) in [5, 5.41) is 0.687. The van der Waals surface area contributed by atoms with Gasteiger partial charge in [-0.25, -0.2) is 0 Å². The summed E-state index contributed by atoms with van der Waals surface area (Å²) in [6.07, 6.45) is 3.47. The lowest BCUT2D eigenvalue weighted by Crippen LogP contribution is -2.27. The first kappa shape index (κ1) is 21.4. The van der Waals surface area contributed by atoms with Crippen LogP contribution in [0.3, 0.4) is 0 Å². The van der Waals surface area contributed by atoms with Crippen molar-refractivity contribution < 1.29 is 14.3 Å². The molecule has 0 atom stereocenters. The van der Waals surface area contributed by atoms with Crippen LogP contribution in [0.25, 0.3) is 6.08 Å². The second-order valence-electron chi connectivity index (χ2n) is 6.14. The van der Waals surface area contributed by atoms with Gasteiger partial charge in [0, 0.05) is 11.6 Å². The fourth-order valence-electron chi connectivity index (χ4n) is 2.68. The Morgan fingerprint density at radius 3 is 2.62 bits per heavy atom. The van der Waals surface area contributed by atoms with Crippen molar-refractivity contribution in [2.45, 2.75) is 13.5 Å². The Morgan fingerprint density at radius 2 is 1.93 bits per heavy atom. The Morgan fingerprint density at radius 1 is 1.17 bits per heavy atom. The Bertz CT molecular complexity index is 957. The second-order valence-corrected chi connectivity index (χ2v) is 8.25. The molecule has 0 N–H and O–H groups in total. The third-order valence-corrected chi connectivity index (χ3v) is 5.69. The maximum Gasteiger partial charge on any atom is 0.266 e. The van der Waals surface area contributed by atoms with Crippen molar-refractivity contribution in [2.24, 2.45) is 0 Å². The lowest BCUT2D eigenvalue weighted by atomic mass is 10.1. The van der Waals surface area contributed by atoms with Gasteiger partial charge < -0.3 is 9.47 Å². The molecule has 0 aliphatic carbocycles.